The number of H-pyrrole nitrogens is 1. The first-order chi connectivity index (χ1) is 11.9. The Morgan fingerprint density at radius 2 is 1.79 bits per heavy atom. The van der Waals surface area contributed by atoms with Crippen LogP contribution in [0.25, 0.3) is 33.4 Å². The number of nitrogens with zero attached hydrogens (tertiary/aromatic N) is 2. The van der Waals surface area contributed by atoms with Crippen molar-refractivity contribution in [1.82, 2.24) is 9.55 Å². The van der Waals surface area contributed by atoms with Crippen molar-refractivity contribution >= 4 is 10.9 Å². The number of nitriles is 1. The fraction of sp³-hybridized carbons (Fsp3) is 0.0952. The summed E-state index contributed by atoms with van der Waals surface area (Å²) in [6.45, 7) is 0.908. The van der Waals surface area contributed by atoms with E-state index in [4.69, 9.17) is 0 Å². The number of fused-ring (bicyclic) bond motifs is 5. The van der Waals surface area contributed by atoms with Crippen LogP contribution < -0.4 is 0 Å². The Kier molecular flexibility index (Phi) is 2.68. The first-order valence-electron chi connectivity index (χ1n) is 8.15. The molecule has 3 heterocycles. The average Bonchev–Trinajstić information content (AvgIpc) is 3.20. The first kappa shape index (κ1) is 13.2. The second-order valence-electron chi connectivity index (χ2n) is 6.21. The number of aromatic nitrogens is 2. The number of benzene rings is 2. The fourth-order valence-corrected chi connectivity index (χ4v) is 3.88. The third-order valence-corrected chi connectivity index (χ3v) is 4.91. The molecule has 0 aliphatic carbocycles. The van der Waals surface area contributed by atoms with E-state index >= 15 is 0 Å². The van der Waals surface area contributed by atoms with Gasteiger partial charge in [-0.1, -0.05) is 48.5 Å². The van der Waals surface area contributed by atoms with Crippen molar-refractivity contribution in [1.29, 1.82) is 5.26 Å². The Hall–Kier alpha value is -3.25. The van der Waals surface area contributed by atoms with Crippen molar-refractivity contribution in [2.75, 3.05) is 0 Å². The van der Waals surface area contributed by atoms with E-state index in [1.54, 1.807) is 0 Å². The molecule has 0 fully saturated rings. The van der Waals surface area contributed by atoms with Gasteiger partial charge >= 0.3 is 0 Å². The van der Waals surface area contributed by atoms with Gasteiger partial charge < -0.3 is 9.55 Å². The molecule has 2 aromatic heterocycles. The van der Waals surface area contributed by atoms with Crippen molar-refractivity contribution in [3.8, 4) is 28.6 Å². The van der Waals surface area contributed by atoms with Gasteiger partial charge in [0.25, 0.3) is 0 Å². The molecular formula is C21H15N3. The lowest BCUT2D eigenvalue weighted by molar-refractivity contribution is 0.690. The lowest BCUT2D eigenvalue weighted by Gasteiger charge is -2.18. The second kappa shape index (κ2) is 4.87. The average molecular weight is 309 g/mol. The topological polar surface area (TPSA) is 44.5 Å². The number of para-hydroxylation sites is 1. The summed E-state index contributed by atoms with van der Waals surface area (Å²) in [7, 11) is 0. The third kappa shape index (κ3) is 1.71. The minimum absolute atomic E-state index is 0.739. The van der Waals surface area contributed by atoms with Crippen molar-refractivity contribution < 1.29 is 0 Å². The fourth-order valence-electron chi connectivity index (χ4n) is 3.88. The predicted molar refractivity (Wildman–Crippen MR) is 95.6 cm³/mol. The van der Waals surface area contributed by atoms with Gasteiger partial charge in [-0.15, -0.1) is 0 Å². The highest BCUT2D eigenvalue weighted by Crippen LogP contribution is 2.42. The minimum Gasteiger partial charge on any atom is -0.353 e. The van der Waals surface area contributed by atoms with E-state index in [1.807, 2.05) is 24.4 Å². The molecule has 0 spiro atoms. The molecule has 4 aromatic rings. The lowest BCUT2D eigenvalue weighted by atomic mass is 9.96. The van der Waals surface area contributed by atoms with Crippen LogP contribution in [0.2, 0.25) is 0 Å². The number of rotatable bonds is 1. The smallest absolute Gasteiger partial charge is 0.101 e. The molecule has 0 saturated heterocycles. The van der Waals surface area contributed by atoms with E-state index in [0.29, 0.717) is 0 Å². The molecule has 0 bridgehead atoms. The molecule has 5 rings (SSSR count). The van der Waals surface area contributed by atoms with Gasteiger partial charge in [0, 0.05) is 29.2 Å². The van der Waals surface area contributed by atoms with E-state index in [9.17, 15) is 5.26 Å². The molecule has 0 radical (unpaired) electrons. The van der Waals surface area contributed by atoms with Crippen LogP contribution in [-0.2, 0) is 13.0 Å². The molecule has 0 unspecified atom stereocenters. The maximum absolute atomic E-state index is 9.64. The molecular weight excluding hydrogens is 294 g/mol. The molecule has 1 aliphatic heterocycles. The normalized spacial score (nSPS) is 12.6. The number of hydrogen-bond acceptors (Lipinski definition) is 1. The Labute approximate surface area is 139 Å². The van der Waals surface area contributed by atoms with Gasteiger partial charge in [0.2, 0.25) is 0 Å². The third-order valence-electron chi connectivity index (χ3n) is 4.91. The maximum Gasteiger partial charge on any atom is 0.101 e. The van der Waals surface area contributed by atoms with Gasteiger partial charge in [0.15, 0.2) is 0 Å². The summed E-state index contributed by atoms with van der Waals surface area (Å²) in [6, 6.07) is 21.0. The zero-order valence-corrected chi connectivity index (χ0v) is 13.1. The molecule has 3 heteroatoms. The second-order valence-corrected chi connectivity index (χ2v) is 6.21. The molecule has 0 saturated carbocycles. The summed E-state index contributed by atoms with van der Waals surface area (Å²) in [6.07, 6.45) is 2.98. The first-order valence-corrected chi connectivity index (χ1v) is 8.15. The molecule has 1 aliphatic rings. The van der Waals surface area contributed by atoms with Crippen molar-refractivity contribution in [3.63, 3.8) is 0 Å². The maximum atomic E-state index is 9.64. The van der Waals surface area contributed by atoms with Crippen LogP contribution in [0.1, 0.15) is 11.1 Å². The monoisotopic (exact) mass is 309 g/mol. The van der Waals surface area contributed by atoms with Gasteiger partial charge in [-0.25, -0.2) is 0 Å². The van der Waals surface area contributed by atoms with Crippen LogP contribution in [0.5, 0.6) is 0 Å². The van der Waals surface area contributed by atoms with Crippen LogP contribution in [0, 0.1) is 11.3 Å². The SMILES string of the molecule is N#Cc1cn2c(c1-c1ccccc1)-c1[nH]c3ccccc3c1CC2. The molecule has 3 nitrogen and oxygen atoms in total. The van der Waals surface area contributed by atoms with Crippen LogP contribution >= 0.6 is 0 Å². The van der Waals surface area contributed by atoms with Crippen molar-refractivity contribution in [2.45, 2.75) is 13.0 Å². The summed E-state index contributed by atoms with van der Waals surface area (Å²) in [5.41, 5.74) is 7.67. The highest BCUT2D eigenvalue weighted by atomic mass is 15.0. The Morgan fingerprint density at radius 1 is 1.00 bits per heavy atom. The number of aryl methyl sites for hydroxylation is 2. The summed E-state index contributed by atoms with van der Waals surface area (Å²) in [4.78, 5) is 3.59. The number of hydrogen-bond donors (Lipinski definition) is 1. The van der Waals surface area contributed by atoms with Crippen molar-refractivity contribution in [2.24, 2.45) is 0 Å². The molecule has 0 atom stereocenters. The quantitative estimate of drug-likeness (QED) is 0.542. The van der Waals surface area contributed by atoms with Gasteiger partial charge in [0.1, 0.15) is 6.07 Å². The number of aromatic amines is 1. The predicted octanol–water partition coefficient (Wildman–Crippen LogP) is 4.73. The molecule has 1 N–H and O–H groups in total. The van der Waals surface area contributed by atoms with Crippen LogP contribution in [0.15, 0.2) is 60.8 Å². The molecule has 0 amide bonds. The Bertz CT molecular complexity index is 1110. The van der Waals surface area contributed by atoms with E-state index < -0.39 is 0 Å². The van der Waals surface area contributed by atoms with E-state index in [2.05, 4.69) is 52.0 Å². The van der Waals surface area contributed by atoms with Gasteiger partial charge in [-0.05, 0) is 23.6 Å². The highest BCUT2D eigenvalue weighted by Gasteiger charge is 2.26. The van der Waals surface area contributed by atoms with Crippen molar-refractivity contribution in [3.05, 3.63) is 71.9 Å². The van der Waals surface area contributed by atoms with E-state index in [-0.39, 0.29) is 0 Å². The van der Waals surface area contributed by atoms with Crippen LogP contribution in [-0.4, -0.2) is 9.55 Å². The summed E-state index contributed by atoms with van der Waals surface area (Å²) in [5, 5.41) is 10.9. The Morgan fingerprint density at radius 3 is 2.62 bits per heavy atom. The zero-order chi connectivity index (χ0) is 16.1. The van der Waals surface area contributed by atoms with Crippen LogP contribution in [0.4, 0.5) is 0 Å². The zero-order valence-electron chi connectivity index (χ0n) is 13.1. The summed E-state index contributed by atoms with van der Waals surface area (Å²) >= 11 is 0. The van der Waals surface area contributed by atoms with E-state index in [1.165, 1.54) is 10.9 Å². The summed E-state index contributed by atoms with van der Waals surface area (Å²) in [5.74, 6) is 0. The minimum atomic E-state index is 0.739. The molecule has 114 valence electrons. The van der Waals surface area contributed by atoms with Gasteiger partial charge in [-0.3, -0.25) is 0 Å². The largest absolute Gasteiger partial charge is 0.353 e. The highest BCUT2D eigenvalue weighted by molar-refractivity contribution is 5.95. The molecule has 2 aromatic carbocycles. The number of nitrogens with one attached hydrogen (secondary N) is 1. The van der Waals surface area contributed by atoms with Crippen LogP contribution in [0.3, 0.4) is 0 Å². The van der Waals surface area contributed by atoms with E-state index in [0.717, 1.165) is 46.6 Å². The molecule has 24 heavy (non-hydrogen) atoms. The van der Waals surface area contributed by atoms with Gasteiger partial charge in [0.05, 0.1) is 17.0 Å². The summed E-state index contributed by atoms with van der Waals surface area (Å²) < 4.78 is 2.22. The lowest BCUT2D eigenvalue weighted by Crippen LogP contribution is -2.09. The Balaban J connectivity index is 1.87. The standard InChI is InChI=1S/C21H15N3/c22-12-15-13-24-11-10-17-16-8-4-5-9-18(16)23-20(17)21(24)19(15)14-6-2-1-3-7-14/h1-9,13,23H,10-11H2. The van der Waals surface area contributed by atoms with Gasteiger partial charge in [-0.2, -0.15) is 5.26 Å².